The lowest BCUT2D eigenvalue weighted by molar-refractivity contribution is 0.176. The maximum atomic E-state index is 6.15. The summed E-state index contributed by atoms with van der Waals surface area (Å²) in [7, 11) is 0. The lowest BCUT2D eigenvalue weighted by Crippen LogP contribution is -2.38. The van der Waals surface area contributed by atoms with Crippen molar-refractivity contribution in [2.24, 2.45) is 0 Å². The van der Waals surface area contributed by atoms with E-state index in [0.717, 1.165) is 12.3 Å². The zero-order valence-electron chi connectivity index (χ0n) is 12.5. The smallest absolute Gasteiger partial charge is 0.119 e. The molecular weight excluding hydrogens is 234 g/mol. The van der Waals surface area contributed by atoms with Gasteiger partial charge in [-0.25, -0.2) is 0 Å². The molecule has 1 aliphatic carbocycles. The molecule has 1 saturated carbocycles. The topological polar surface area (TPSA) is 21.3 Å². The second-order valence-electron chi connectivity index (χ2n) is 5.63. The lowest BCUT2D eigenvalue weighted by Gasteiger charge is -2.22. The summed E-state index contributed by atoms with van der Waals surface area (Å²) in [5.41, 5.74) is 1.41. The first-order valence-corrected chi connectivity index (χ1v) is 7.74. The first-order valence-electron chi connectivity index (χ1n) is 7.74. The Labute approximate surface area is 117 Å². The molecule has 0 aliphatic heterocycles. The van der Waals surface area contributed by atoms with Gasteiger partial charge in [0.25, 0.3) is 0 Å². The molecule has 2 rings (SSSR count). The highest BCUT2D eigenvalue weighted by atomic mass is 16.5. The molecule has 2 heteroatoms. The first kappa shape index (κ1) is 14.4. The van der Waals surface area contributed by atoms with Crippen LogP contribution in [0.15, 0.2) is 24.3 Å². The number of rotatable bonds is 6. The summed E-state index contributed by atoms with van der Waals surface area (Å²) in [5, 5.41) is 3.53. The average molecular weight is 261 g/mol. The van der Waals surface area contributed by atoms with Gasteiger partial charge in [-0.2, -0.15) is 0 Å². The van der Waals surface area contributed by atoms with Gasteiger partial charge in [0, 0.05) is 6.04 Å². The van der Waals surface area contributed by atoms with Gasteiger partial charge in [-0.15, -0.1) is 0 Å². The summed E-state index contributed by atoms with van der Waals surface area (Å²) in [5.74, 6) is 1.65. The van der Waals surface area contributed by atoms with E-state index in [9.17, 15) is 0 Å². The minimum atomic E-state index is 0.342. The van der Waals surface area contributed by atoms with Gasteiger partial charge in [0.1, 0.15) is 11.9 Å². The van der Waals surface area contributed by atoms with E-state index in [1.54, 1.807) is 0 Å². The van der Waals surface area contributed by atoms with Crippen molar-refractivity contribution < 1.29 is 4.74 Å². The van der Waals surface area contributed by atoms with Crippen LogP contribution in [0.2, 0.25) is 0 Å². The molecular formula is C17H27NO. The van der Waals surface area contributed by atoms with Gasteiger partial charge in [-0.05, 0) is 55.8 Å². The van der Waals surface area contributed by atoms with Crippen molar-refractivity contribution in [3.8, 4) is 5.75 Å². The predicted molar refractivity (Wildman–Crippen MR) is 80.9 cm³/mol. The monoisotopic (exact) mass is 261 g/mol. The van der Waals surface area contributed by atoms with Crippen LogP contribution < -0.4 is 10.1 Å². The molecule has 0 spiro atoms. The minimum Gasteiger partial charge on any atom is -0.489 e. The fraction of sp³-hybridized carbons (Fsp3) is 0.647. The van der Waals surface area contributed by atoms with Gasteiger partial charge >= 0.3 is 0 Å². The van der Waals surface area contributed by atoms with Crippen molar-refractivity contribution in [1.82, 2.24) is 5.32 Å². The Morgan fingerprint density at radius 2 is 1.95 bits per heavy atom. The SMILES string of the molecule is CCNC1CCCC1Oc1ccc(C(C)CC)cc1. The molecule has 0 saturated heterocycles. The van der Waals surface area contributed by atoms with Crippen molar-refractivity contribution in [2.75, 3.05) is 6.54 Å². The quantitative estimate of drug-likeness (QED) is 0.832. The third kappa shape index (κ3) is 3.73. The third-order valence-corrected chi connectivity index (χ3v) is 4.27. The highest BCUT2D eigenvalue weighted by molar-refractivity contribution is 5.29. The van der Waals surface area contributed by atoms with E-state index >= 15 is 0 Å². The van der Waals surface area contributed by atoms with Crippen LogP contribution in [0, 0.1) is 0 Å². The number of ether oxygens (including phenoxy) is 1. The van der Waals surface area contributed by atoms with E-state index in [1.165, 1.54) is 31.2 Å². The molecule has 0 aromatic heterocycles. The Bertz CT molecular complexity index is 373. The third-order valence-electron chi connectivity index (χ3n) is 4.27. The van der Waals surface area contributed by atoms with E-state index in [4.69, 9.17) is 4.74 Å². The molecule has 106 valence electrons. The second-order valence-corrected chi connectivity index (χ2v) is 5.63. The lowest BCUT2D eigenvalue weighted by atomic mass is 9.99. The molecule has 0 amide bonds. The molecule has 1 aliphatic rings. The fourth-order valence-electron chi connectivity index (χ4n) is 2.85. The number of hydrogen-bond acceptors (Lipinski definition) is 2. The van der Waals surface area contributed by atoms with Crippen molar-refractivity contribution in [1.29, 1.82) is 0 Å². The summed E-state index contributed by atoms with van der Waals surface area (Å²) in [6, 6.07) is 9.20. The number of nitrogens with one attached hydrogen (secondary N) is 1. The Morgan fingerprint density at radius 3 is 2.58 bits per heavy atom. The molecule has 0 heterocycles. The summed E-state index contributed by atoms with van der Waals surface area (Å²) < 4.78 is 6.15. The summed E-state index contributed by atoms with van der Waals surface area (Å²) in [6.07, 6.45) is 5.21. The molecule has 0 radical (unpaired) electrons. The molecule has 0 bridgehead atoms. The maximum absolute atomic E-state index is 6.15. The molecule has 1 N–H and O–H groups in total. The van der Waals surface area contributed by atoms with E-state index in [1.807, 2.05) is 0 Å². The van der Waals surface area contributed by atoms with E-state index in [-0.39, 0.29) is 0 Å². The molecule has 2 nitrogen and oxygen atoms in total. The summed E-state index contributed by atoms with van der Waals surface area (Å²) >= 11 is 0. The van der Waals surface area contributed by atoms with Crippen LogP contribution in [0.4, 0.5) is 0 Å². The van der Waals surface area contributed by atoms with Crippen LogP contribution in [0.1, 0.15) is 57.9 Å². The highest BCUT2D eigenvalue weighted by Crippen LogP contribution is 2.26. The van der Waals surface area contributed by atoms with Crippen molar-refractivity contribution >= 4 is 0 Å². The van der Waals surface area contributed by atoms with Crippen molar-refractivity contribution in [3.05, 3.63) is 29.8 Å². The predicted octanol–water partition coefficient (Wildman–Crippen LogP) is 4.11. The van der Waals surface area contributed by atoms with E-state index in [2.05, 4.69) is 50.4 Å². The molecule has 3 atom stereocenters. The van der Waals surface area contributed by atoms with Gasteiger partial charge in [-0.1, -0.05) is 32.9 Å². The summed E-state index contributed by atoms with van der Waals surface area (Å²) in [6.45, 7) is 7.69. The van der Waals surface area contributed by atoms with Crippen LogP contribution in [0.3, 0.4) is 0 Å². The maximum Gasteiger partial charge on any atom is 0.119 e. The minimum absolute atomic E-state index is 0.342. The average Bonchev–Trinajstić information content (AvgIpc) is 2.86. The number of hydrogen-bond donors (Lipinski definition) is 1. The molecule has 1 fully saturated rings. The zero-order valence-corrected chi connectivity index (χ0v) is 12.5. The normalized spacial score (nSPS) is 24.4. The highest BCUT2D eigenvalue weighted by Gasteiger charge is 2.28. The summed E-state index contributed by atoms with van der Waals surface area (Å²) in [4.78, 5) is 0. The second kappa shape index (κ2) is 6.95. The van der Waals surface area contributed by atoms with Crippen LogP contribution in [0.5, 0.6) is 5.75 Å². The first-order chi connectivity index (χ1) is 9.24. The Kier molecular flexibility index (Phi) is 5.26. The van der Waals surface area contributed by atoms with Crippen LogP contribution in [-0.4, -0.2) is 18.7 Å². The Balaban J connectivity index is 1.95. The van der Waals surface area contributed by atoms with Crippen molar-refractivity contribution in [3.63, 3.8) is 0 Å². The Hall–Kier alpha value is -1.02. The molecule has 3 unspecified atom stereocenters. The fourth-order valence-corrected chi connectivity index (χ4v) is 2.85. The largest absolute Gasteiger partial charge is 0.489 e. The van der Waals surface area contributed by atoms with Crippen LogP contribution >= 0.6 is 0 Å². The van der Waals surface area contributed by atoms with E-state index in [0.29, 0.717) is 18.1 Å². The number of benzene rings is 1. The zero-order chi connectivity index (χ0) is 13.7. The molecule has 19 heavy (non-hydrogen) atoms. The van der Waals surface area contributed by atoms with E-state index < -0.39 is 0 Å². The van der Waals surface area contributed by atoms with Gasteiger partial charge < -0.3 is 10.1 Å². The molecule has 1 aromatic carbocycles. The molecule has 1 aromatic rings. The van der Waals surface area contributed by atoms with Gasteiger partial charge in [0.15, 0.2) is 0 Å². The van der Waals surface area contributed by atoms with Gasteiger partial charge in [-0.3, -0.25) is 0 Å². The van der Waals surface area contributed by atoms with Crippen LogP contribution in [-0.2, 0) is 0 Å². The van der Waals surface area contributed by atoms with Crippen molar-refractivity contribution in [2.45, 2.75) is 64.5 Å². The number of likely N-dealkylation sites (N-methyl/N-ethyl adjacent to an activating group) is 1. The standard InChI is InChI=1S/C17H27NO/c1-4-13(3)14-9-11-15(12-10-14)19-17-8-6-7-16(17)18-5-2/h9-13,16-18H,4-8H2,1-3H3. The van der Waals surface area contributed by atoms with Gasteiger partial charge in [0.05, 0.1) is 0 Å². The van der Waals surface area contributed by atoms with Gasteiger partial charge in [0.2, 0.25) is 0 Å². The Morgan fingerprint density at radius 1 is 1.21 bits per heavy atom. The van der Waals surface area contributed by atoms with Crippen LogP contribution in [0.25, 0.3) is 0 Å².